The molecule has 0 N–H and O–H groups in total. The Morgan fingerprint density at radius 1 is 1.33 bits per heavy atom. The molecule has 3 aliphatic rings. The minimum atomic E-state index is -1.11. The van der Waals surface area contributed by atoms with E-state index in [0.717, 1.165) is 18.8 Å². The van der Waals surface area contributed by atoms with E-state index in [1.54, 1.807) is 0 Å². The Hall–Kier alpha value is -0.840. The van der Waals surface area contributed by atoms with Gasteiger partial charge < -0.3 is 14.4 Å². The number of ether oxygens (including phenoxy) is 2. The fourth-order valence-electron chi connectivity index (χ4n) is 3.51. The summed E-state index contributed by atoms with van der Waals surface area (Å²) in [5.74, 6) is 1.40. The number of piperidine rings is 1. The van der Waals surface area contributed by atoms with Gasteiger partial charge in [-0.2, -0.15) is 0 Å². The van der Waals surface area contributed by atoms with Gasteiger partial charge >= 0.3 is 6.09 Å². The van der Waals surface area contributed by atoms with Crippen LogP contribution in [0, 0.1) is 11.8 Å². The topological polar surface area (TPSA) is 38.8 Å². The Balaban J connectivity index is 1.60. The number of nitrogens with zero attached hydrogens (tertiary/aromatic N) is 1. The molecule has 2 aliphatic heterocycles. The van der Waals surface area contributed by atoms with Crippen molar-refractivity contribution < 1.29 is 18.7 Å². The minimum absolute atomic E-state index is 0.0875. The average molecular weight is 299 g/mol. The monoisotopic (exact) mass is 299 g/mol. The summed E-state index contributed by atoms with van der Waals surface area (Å²) in [6.07, 6.45) is 2.14. The average Bonchev–Trinajstić information content (AvgIpc) is 3.12. The van der Waals surface area contributed by atoms with Gasteiger partial charge in [-0.25, -0.2) is 9.18 Å². The van der Waals surface area contributed by atoms with E-state index in [1.165, 1.54) is 11.3 Å². The number of amides is 1. The number of halogens is 1. The molecule has 0 bridgehead atoms. The van der Waals surface area contributed by atoms with Gasteiger partial charge in [0.1, 0.15) is 17.4 Å². The zero-order valence-electron chi connectivity index (χ0n) is 13.2. The number of fused-ring (bicyclic) bond motifs is 1. The van der Waals surface area contributed by atoms with Gasteiger partial charge in [0.05, 0.1) is 13.2 Å². The van der Waals surface area contributed by atoms with Crippen molar-refractivity contribution in [2.24, 2.45) is 11.8 Å². The Bertz CT molecular complexity index is 408. The molecule has 3 rings (SSSR count). The molecular formula is C16H26FNO3. The maximum Gasteiger partial charge on any atom is 0.410 e. The zero-order valence-corrected chi connectivity index (χ0v) is 13.2. The quantitative estimate of drug-likeness (QED) is 0.690. The van der Waals surface area contributed by atoms with Crippen molar-refractivity contribution in [2.45, 2.75) is 63.8 Å². The lowest BCUT2D eigenvalue weighted by atomic mass is 9.84. The van der Waals surface area contributed by atoms with E-state index in [0.29, 0.717) is 25.5 Å². The molecule has 3 fully saturated rings. The third-order valence-electron chi connectivity index (χ3n) is 5.00. The molecule has 21 heavy (non-hydrogen) atoms. The molecule has 0 radical (unpaired) electrons. The molecule has 4 atom stereocenters. The summed E-state index contributed by atoms with van der Waals surface area (Å²) in [6, 6.07) is 0. The highest BCUT2D eigenvalue weighted by atomic mass is 19.1. The molecule has 120 valence electrons. The van der Waals surface area contributed by atoms with Crippen molar-refractivity contribution in [2.75, 3.05) is 19.7 Å². The van der Waals surface area contributed by atoms with Gasteiger partial charge in [0.2, 0.25) is 0 Å². The second-order valence-corrected chi connectivity index (χ2v) is 7.81. The van der Waals surface area contributed by atoms with Gasteiger partial charge in [-0.15, -0.1) is 0 Å². The highest BCUT2D eigenvalue weighted by molar-refractivity contribution is 5.68. The first-order valence-corrected chi connectivity index (χ1v) is 8.05. The van der Waals surface area contributed by atoms with Crippen molar-refractivity contribution in [3.8, 4) is 0 Å². The van der Waals surface area contributed by atoms with Crippen LogP contribution < -0.4 is 0 Å². The predicted molar refractivity (Wildman–Crippen MR) is 76.8 cm³/mol. The van der Waals surface area contributed by atoms with Gasteiger partial charge in [-0.1, -0.05) is 0 Å². The molecular weight excluding hydrogens is 273 g/mol. The number of rotatable bonds is 0. The maximum absolute atomic E-state index is 14.7. The fraction of sp³-hybridized carbons (Fsp3) is 0.938. The molecule has 1 aliphatic carbocycles. The first-order chi connectivity index (χ1) is 9.79. The van der Waals surface area contributed by atoms with Crippen LogP contribution in [0.3, 0.4) is 0 Å². The minimum Gasteiger partial charge on any atom is -0.444 e. The first-order valence-electron chi connectivity index (χ1n) is 8.05. The van der Waals surface area contributed by atoms with Crippen LogP contribution in [-0.2, 0) is 9.47 Å². The number of alkyl halides is 1. The summed E-state index contributed by atoms with van der Waals surface area (Å²) >= 11 is 0. The van der Waals surface area contributed by atoms with Crippen LogP contribution in [0.2, 0.25) is 0 Å². The molecule has 2 saturated heterocycles. The molecule has 1 amide bonds. The second-order valence-electron chi connectivity index (χ2n) is 7.81. The number of carbonyl (C=O) groups is 1. The van der Waals surface area contributed by atoms with Crippen LogP contribution in [0.1, 0.15) is 46.5 Å². The lowest BCUT2D eigenvalue weighted by molar-refractivity contribution is -0.132. The molecule has 1 spiro atoms. The van der Waals surface area contributed by atoms with Crippen LogP contribution in [0.4, 0.5) is 9.18 Å². The Kier molecular flexibility index (Phi) is 3.67. The van der Waals surface area contributed by atoms with E-state index in [4.69, 9.17) is 9.47 Å². The van der Waals surface area contributed by atoms with Gasteiger partial charge in [0.15, 0.2) is 0 Å². The lowest BCUT2D eigenvalue weighted by Crippen LogP contribution is -2.56. The van der Waals surface area contributed by atoms with Crippen molar-refractivity contribution in [3.63, 3.8) is 0 Å². The summed E-state index contributed by atoms with van der Waals surface area (Å²) in [5, 5.41) is 0. The van der Waals surface area contributed by atoms with E-state index in [9.17, 15) is 9.18 Å². The maximum atomic E-state index is 14.7. The third-order valence-corrected chi connectivity index (χ3v) is 5.00. The fourth-order valence-corrected chi connectivity index (χ4v) is 3.51. The van der Waals surface area contributed by atoms with Crippen LogP contribution in [0.25, 0.3) is 0 Å². The van der Waals surface area contributed by atoms with Gasteiger partial charge in [-0.3, -0.25) is 0 Å². The van der Waals surface area contributed by atoms with Gasteiger partial charge in [0.25, 0.3) is 0 Å². The predicted octanol–water partition coefficient (Wildman–Crippen LogP) is 3.15. The number of hydrogen-bond donors (Lipinski definition) is 0. The van der Waals surface area contributed by atoms with E-state index >= 15 is 0 Å². The zero-order chi connectivity index (χ0) is 15.3. The summed E-state index contributed by atoms with van der Waals surface area (Å²) in [7, 11) is 0. The standard InChI is InChI=1S/C16H26FNO3/c1-15(2,3)21-14(19)18-7-6-16(13(17)9-18)5-4-11-8-12(11)10-20-16/h11-13H,4-10H2,1-3H3. The molecule has 0 aromatic heterocycles. The van der Waals surface area contributed by atoms with Crippen molar-refractivity contribution in [3.05, 3.63) is 0 Å². The van der Waals surface area contributed by atoms with E-state index in [-0.39, 0.29) is 6.54 Å². The lowest BCUT2D eigenvalue weighted by Gasteiger charge is -2.43. The summed E-state index contributed by atoms with van der Waals surface area (Å²) in [4.78, 5) is 13.5. The summed E-state index contributed by atoms with van der Waals surface area (Å²) in [6.45, 7) is 6.77. The first kappa shape index (κ1) is 15.1. The molecule has 5 heteroatoms. The largest absolute Gasteiger partial charge is 0.444 e. The van der Waals surface area contributed by atoms with Gasteiger partial charge in [-0.05, 0) is 58.3 Å². The SMILES string of the molecule is CC(C)(C)OC(=O)N1CCC2(CCC3CC3CO2)C(F)C1. The Labute approximate surface area is 126 Å². The van der Waals surface area contributed by atoms with E-state index in [2.05, 4.69) is 0 Å². The molecule has 1 saturated carbocycles. The van der Waals surface area contributed by atoms with Gasteiger partial charge in [0, 0.05) is 6.54 Å². The Morgan fingerprint density at radius 2 is 2.10 bits per heavy atom. The smallest absolute Gasteiger partial charge is 0.410 e. The normalized spacial score (nSPS) is 39.6. The van der Waals surface area contributed by atoms with E-state index in [1.807, 2.05) is 20.8 Å². The molecule has 0 aromatic rings. The molecule has 2 heterocycles. The number of likely N-dealkylation sites (tertiary alicyclic amines) is 1. The molecule has 4 unspecified atom stereocenters. The molecule has 0 aromatic carbocycles. The second kappa shape index (κ2) is 5.11. The number of carbonyl (C=O) groups excluding carboxylic acids is 1. The van der Waals surface area contributed by atoms with Crippen molar-refractivity contribution >= 4 is 6.09 Å². The third kappa shape index (κ3) is 3.17. The molecule has 4 nitrogen and oxygen atoms in total. The highest BCUT2D eigenvalue weighted by Crippen LogP contribution is 2.49. The van der Waals surface area contributed by atoms with Crippen LogP contribution in [-0.4, -0.2) is 48.1 Å². The van der Waals surface area contributed by atoms with Crippen molar-refractivity contribution in [1.82, 2.24) is 4.90 Å². The number of hydrogen-bond acceptors (Lipinski definition) is 3. The van der Waals surface area contributed by atoms with Crippen LogP contribution in [0.15, 0.2) is 0 Å². The van der Waals surface area contributed by atoms with E-state index < -0.39 is 23.5 Å². The van der Waals surface area contributed by atoms with Crippen LogP contribution >= 0.6 is 0 Å². The highest BCUT2D eigenvalue weighted by Gasteiger charge is 2.51. The van der Waals surface area contributed by atoms with Crippen molar-refractivity contribution in [1.29, 1.82) is 0 Å². The summed E-state index contributed by atoms with van der Waals surface area (Å²) < 4.78 is 26.0. The van der Waals surface area contributed by atoms with Crippen LogP contribution in [0.5, 0.6) is 0 Å². The Morgan fingerprint density at radius 3 is 2.76 bits per heavy atom. The summed E-state index contributed by atoms with van der Waals surface area (Å²) in [5.41, 5.74) is -1.20.